The summed E-state index contributed by atoms with van der Waals surface area (Å²) in [6.45, 7) is 6.23. The first-order chi connectivity index (χ1) is 12.3. The standard InChI is InChI=1S/C17H28N4O4S/c1-4-25-17(22)18-9-10-21(26(3,23)24)16-7-5-15(6-8-16)20-13-11-19(2)12-14-20/h5-8H,4,9-14H2,1-3H3,(H,18,22). The molecule has 0 radical (unpaired) electrons. The van der Waals surface area contributed by atoms with Crippen LogP contribution in [0.1, 0.15) is 6.92 Å². The van der Waals surface area contributed by atoms with E-state index in [1.807, 2.05) is 12.1 Å². The van der Waals surface area contributed by atoms with Crippen molar-refractivity contribution in [1.29, 1.82) is 0 Å². The molecule has 146 valence electrons. The molecule has 1 aliphatic rings. The SMILES string of the molecule is CCOC(=O)NCCN(c1ccc(N2CCN(C)CC2)cc1)S(C)(=O)=O. The summed E-state index contributed by atoms with van der Waals surface area (Å²) in [7, 11) is -1.35. The second-order valence-corrected chi connectivity index (χ2v) is 8.20. The van der Waals surface area contributed by atoms with Gasteiger partial charge < -0.3 is 19.9 Å². The fourth-order valence-corrected chi connectivity index (χ4v) is 3.75. The largest absolute Gasteiger partial charge is 0.450 e. The van der Waals surface area contributed by atoms with Crippen LogP contribution >= 0.6 is 0 Å². The van der Waals surface area contributed by atoms with E-state index in [9.17, 15) is 13.2 Å². The summed E-state index contributed by atoms with van der Waals surface area (Å²) in [6.07, 6.45) is 0.609. The van der Waals surface area contributed by atoms with Gasteiger partial charge in [0, 0.05) is 38.4 Å². The molecule has 1 fully saturated rings. The zero-order chi connectivity index (χ0) is 19.2. The van der Waals surface area contributed by atoms with Gasteiger partial charge in [-0.25, -0.2) is 13.2 Å². The van der Waals surface area contributed by atoms with Crippen molar-refractivity contribution in [2.45, 2.75) is 6.92 Å². The van der Waals surface area contributed by atoms with Gasteiger partial charge >= 0.3 is 6.09 Å². The Morgan fingerprint density at radius 3 is 2.35 bits per heavy atom. The molecule has 9 heteroatoms. The zero-order valence-electron chi connectivity index (χ0n) is 15.6. The quantitative estimate of drug-likeness (QED) is 0.754. The van der Waals surface area contributed by atoms with E-state index >= 15 is 0 Å². The second-order valence-electron chi connectivity index (χ2n) is 6.29. The predicted molar refractivity (Wildman–Crippen MR) is 103 cm³/mol. The van der Waals surface area contributed by atoms with E-state index in [0.29, 0.717) is 5.69 Å². The van der Waals surface area contributed by atoms with Crippen LogP contribution in [0.25, 0.3) is 0 Å². The van der Waals surface area contributed by atoms with Gasteiger partial charge in [0.2, 0.25) is 10.0 Å². The number of ether oxygens (including phenoxy) is 1. The summed E-state index contributed by atoms with van der Waals surface area (Å²) in [5.74, 6) is 0. The Bertz CT molecular complexity index is 685. The van der Waals surface area contributed by atoms with Crippen molar-refractivity contribution in [3.63, 3.8) is 0 Å². The van der Waals surface area contributed by atoms with Crippen LogP contribution in [0.4, 0.5) is 16.2 Å². The number of sulfonamides is 1. The average Bonchev–Trinajstić information content (AvgIpc) is 2.59. The smallest absolute Gasteiger partial charge is 0.407 e. The van der Waals surface area contributed by atoms with E-state index in [1.54, 1.807) is 19.1 Å². The van der Waals surface area contributed by atoms with Crippen LogP contribution in [-0.4, -0.2) is 78.6 Å². The lowest BCUT2D eigenvalue weighted by atomic mass is 10.2. The predicted octanol–water partition coefficient (Wildman–Crippen LogP) is 0.951. The Morgan fingerprint density at radius 1 is 1.19 bits per heavy atom. The van der Waals surface area contributed by atoms with Crippen LogP contribution in [0.3, 0.4) is 0 Å². The minimum absolute atomic E-state index is 0.144. The molecule has 1 heterocycles. The van der Waals surface area contributed by atoms with E-state index in [4.69, 9.17) is 4.74 Å². The number of nitrogens with zero attached hydrogens (tertiary/aromatic N) is 3. The van der Waals surface area contributed by atoms with Gasteiger partial charge in [-0.05, 0) is 38.2 Å². The first-order valence-corrected chi connectivity index (χ1v) is 10.6. The van der Waals surface area contributed by atoms with Gasteiger partial charge in [0.05, 0.1) is 25.1 Å². The van der Waals surface area contributed by atoms with Crippen molar-refractivity contribution in [2.24, 2.45) is 0 Å². The molecule has 0 spiro atoms. The molecule has 8 nitrogen and oxygen atoms in total. The molecule has 0 bridgehead atoms. The zero-order valence-corrected chi connectivity index (χ0v) is 16.5. The maximum absolute atomic E-state index is 12.1. The number of amides is 1. The highest BCUT2D eigenvalue weighted by atomic mass is 32.2. The van der Waals surface area contributed by atoms with Crippen LogP contribution in [0.2, 0.25) is 0 Å². The Labute approximate surface area is 155 Å². The molecule has 2 rings (SSSR count). The van der Waals surface area contributed by atoms with Crippen LogP contribution in [-0.2, 0) is 14.8 Å². The maximum atomic E-state index is 12.1. The first-order valence-electron chi connectivity index (χ1n) is 8.73. The van der Waals surface area contributed by atoms with Crippen molar-refractivity contribution in [3.05, 3.63) is 24.3 Å². The average molecular weight is 385 g/mol. The van der Waals surface area contributed by atoms with Crippen LogP contribution in [0.5, 0.6) is 0 Å². The third-order valence-electron chi connectivity index (χ3n) is 4.27. The number of hydrogen-bond acceptors (Lipinski definition) is 6. The topological polar surface area (TPSA) is 82.2 Å². The molecule has 1 amide bonds. The van der Waals surface area contributed by atoms with Crippen molar-refractivity contribution >= 4 is 27.5 Å². The molecule has 1 aromatic rings. The Kier molecular flexibility index (Phi) is 7.10. The third-order valence-corrected chi connectivity index (χ3v) is 5.46. The summed E-state index contributed by atoms with van der Waals surface area (Å²) in [5.41, 5.74) is 1.66. The van der Waals surface area contributed by atoms with Gasteiger partial charge in [-0.15, -0.1) is 0 Å². The summed E-state index contributed by atoms with van der Waals surface area (Å²) in [4.78, 5) is 15.9. The highest BCUT2D eigenvalue weighted by Gasteiger charge is 2.19. The van der Waals surface area contributed by atoms with Crippen LogP contribution in [0.15, 0.2) is 24.3 Å². The number of nitrogens with one attached hydrogen (secondary N) is 1. The lowest BCUT2D eigenvalue weighted by Gasteiger charge is -2.34. The Morgan fingerprint density at radius 2 is 1.81 bits per heavy atom. The number of likely N-dealkylation sites (N-methyl/N-ethyl adjacent to an activating group) is 1. The maximum Gasteiger partial charge on any atom is 0.407 e. The number of benzene rings is 1. The lowest BCUT2D eigenvalue weighted by molar-refractivity contribution is 0.152. The normalized spacial score (nSPS) is 15.6. The highest BCUT2D eigenvalue weighted by Crippen LogP contribution is 2.23. The fraction of sp³-hybridized carbons (Fsp3) is 0.588. The first kappa shape index (κ1) is 20.3. The van der Waals surface area contributed by atoms with Crippen molar-refractivity contribution in [1.82, 2.24) is 10.2 Å². The van der Waals surface area contributed by atoms with Gasteiger partial charge in [0.25, 0.3) is 0 Å². The van der Waals surface area contributed by atoms with E-state index < -0.39 is 16.1 Å². The molecule has 0 aromatic heterocycles. The molecule has 0 unspecified atom stereocenters. The van der Waals surface area contributed by atoms with Gasteiger partial charge in [-0.2, -0.15) is 0 Å². The molecule has 26 heavy (non-hydrogen) atoms. The fourth-order valence-electron chi connectivity index (χ4n) is 2.82. The molecule has 0 saturated carbocycles. The minimum Gasteiger partial charge on any atom is -0.450 e. The third kappa shape index (κ3) is 5.77. The molecule has 1 aromatic carbocycles. The number of piperazine rings is 1. The van der Waals surface area contributed by atoms with E-state index in [2.05, 4.69) is 22.2 Å². The van der Waals surface area contributed by atoms with Crippen molar-refractivity contribution in [3.8, 4) is 0 Å². The monoisotopic (exact) mass is 384 g/mol. The number of carbonyl (C=O) groups is 1. The number of anilines is 2. The summed E-state index contributed by atoms with van der Waals surface area (Å²) in [5, 5.41) is 2.54. The highest BCUT2D eigenvalue weighted by molar-refractivity contribution is 7.92. The molecule has 0 atom stereocenters. The second kappa shape index (κ2) is 9.09. The number of carbonyl (C=O) groups excluding carboxylic acids is 1. The lowest BCUT2D eigenvalue weighted by Crippen LogP contribution is -2.44. The molecule has 1 aliphatic heterocycles. The number of alkyl carbamates (subject to hydrolysis) is 1. The molecular weight excluding hydrogens is 356 g/mol. The van der Waals surface area contributed by atoms with Gasteiger partial charge in [0.15, 0.2) is 0 Å². The van der Waals surface area contributed by atoms with Crippen molar-refractivity contribution in [2.75, 3.05) is 68.4 Å². The Hall–Kier alpha value is -2.00. The van der Waals surface area contributed by atoms with Gasteiger partial charge in [0.1, 0.15) is 0 Å². The van der Waals surface area contributed by atoms with Crippen LogP contribution in [0, 0.1) is 0 Å². The van der Waals surface area contributed by atoms with Gasteiger partial charge in [-0.3, -0.25) is 4.31 Å². The van der Waals surface area contributed by atoms with Crippen LogP contribution < -0.4 is 14.5 Å². The van der Waals surface area contributed by atoms with Gasteiger partial charge in [-0.1, -0.05) is 0 Å². The molecule has 0 aliphatic carbocycles. The molecule has 1 N–H and O–H groups in total. The number of hydrogen-bond donors (Lipinski definition) is 1. The Balaban J connectivity index is 2.02. The summed E-state index contributed by atoms with van der Waals surface area (Å²) in [6, 6.07) is 7.49. The van der Waals surface area contributed by atoms with E-state index in [0.717, 1.165) is 38.1 Å². The van der Waals surface area contributed by atoms with E-state index in [-0.39, 0.29) is 19.7 Å². The van der Waals surface area contributed by atoms with Crippen molar-refractivity contribution < 1.29 is 17.9 Å². The summed E-state index contributed by atoms with van der Waals surface area (Å²) < 4.78 is 30.3. The molecule has 1 saturated heterocycles. The minimum atomic E-state index is -3.45. The number of rotatable bonds is 7. The molecular formula is C17H28N4O4S. The summed E-state index contributed by atoms with van der Waals surface area (Å²) >= 11 is 0. The van der Waals surface area contributed by atoms with E-state index in [1.165, 1.54) is 4.31 Å².